The van der Waals surface area contributed by atoms with Gasteiger partial charge in [0.15, 0.2) is 5.82 Å². The number of nitrogens with zero attached hydrogens (tertiary/aromatic N) is 5. The number of amides is 1. The number of aromatic nitrogens is 4. The molecule has 1 atom stereocenters. The molecular formula is C22H22N6O. The van der Waals surface area contributed by atoms with Gasteiger partial charge in [0.2, 0.25) is 11.9 Å². The monoisotopic (exact) mass is 386 g/mol. The van der Waals surface area contributed by atoms with Crippen LogP contribution in [0, 0.1) is 0 Å². The number of piperidine rings is 1. The molecule has 0 radical (unpaired) electrons. The van der Waals surface area contributed by atoms with E-state index in [9.17, 15) is 4.79 Å². The Balaban J connectivity index is 1.47. The Bertz CT molecular complexity index is 977. The van der Waals surface area contributed by atoms with Gasteiger partial charge < -0.3 is 10.2 Å². The van der Waals surface area contributed by atoms with Crippen molar-refractivity contribution in [1.82, 2.24) is 24.8 Å². The molecule has 3 aromatic rings. The van der Waals surface area contributed by atoms with Gasteiger partial charge in [-0.15, -0.1) is 0 Å². The molecule has 0 spiro atoms. The van der Waals surface area contributed by atoms with E-state index in [1.54, 1.807) is 36.9 Å². The fraction of sp³-hybridized carbons (Fsp3) is 0.227. The molecule has 29 heavy (non-hydrogen) atoms. The molecule has 1 aromatic carbocycles. The minimum atomic E-state index is 0.0170. The molecule has 7 heteroatoms. The van der Waals surface area contributed by atoms with Crippen LogP contribution in [0.1, 0.15) is 30.0 Å². The maximum atomic E-state index is 12.7. The second-order valence-corrected chi connectivity index (χ2v) is 6.86. The van der Waals surface area contributed by atoms with Gasteiger partial charge in [0.05, 0.1) is 5.69 Å². The van der Waals surface area contributed by atoms with Gasteiger partial charge in [-0.05, 0) is 30.5 Å². The second-order valence-electron chi connectivity index (χ2n) is 6.86. The number of carbonyl (C=O) groups excluding carboxylic acids is 1. The molecule has 7 nitrogen and oxygen atoms in total. The number of likely N-dealkylation sites (tertiary alicyclic amines) is 1. The van der Waals surface area contributed by atoms with Gasteiger partial charge in [0.1, 0.15) is 0 Å². The highest BCUT2D eigenvalue weighted by Crippen LogP contribution is 2.30. The molecule has 0 saturated carbocycles. The molecule has 1 saturated heterocycles. The molecule has 1 amide bonds. The predicted octanol–water partition coefficient (Wildman–Crippen LogP) is 3.43. The largest absolute Gasteiger partial charge is 0.338 e. The van der Waals surface area contributed by atoms with Crippen molar-refractivity contribution in [3.63, 3.8) is 0 Å². The highest BCUT2D eigenvalue weighted by atomic mass is 16.2. The van der Waals surface area contributed by atoms with Crippen LogP contribution < -0.4 is 5.32 Å². The molecule has 1 aliphatic heterocycles. The van der Waals surface area contributed by atoms with Crippen LogP contribution in [0.2, 0.25) is 0 Å². The molecule has 4 rings (SSSR count). The summed E-state index contributed by atoms with van der Waals surface area (Å²) in [6, 6.07) is 11.6. The highest BCUT2D eigenvalue weighted by Gasteiger charge is 2.27. The molecule has 1 N–H and O–H groups in total. The second kappa shape index (κ2) is 9.05. The van der Waals surface area contributed by atoms with Crippen LogP contribution in [0.5, 0.6) is 0 Å². The van der Waals surface area contributed by atoms with E-state index in [2.05, 4.69) is 25.3 Å². The van der Waals surface area contributed by atoms with Crippen molar-refractivity contribution >= 4 is 23.7 Å². The van der Waals surface area contributed by atoms with Crippen molar-refractivity contribution in [3.05, 3.63) is 78.5 Å². The van der Waals surface area contributed by atoms with Crippen molar-refractivity contribution in [2.24, 2.45) is 0 Å². The number of benzene rings is 1. The van der Waals surface area contributed by atoms with Crippen molar-refractivity contribution < 1.29 is 4.79 Å². The summed E-state index contributed by atoms with van der Waals surface area (Å²) >= 11 is 0. The van der Waals surface area contributed by atoms with E-state index in [0.717, 1.165) is 30.6 Å². The summed E-state index contributed by atoms with van der Waals surface area (Å²) < 4.78 is 0. The zero-order valence-electron chi connectivity index (χ0n) is 16.0. The first-order chi connectivity index (χ1) is 14.3. The van der Waals surface area contributed by atoms with E-state index in [1.807, 2.05) is 41.3 Å². The third-order valence-corrected chi connectivity index (χ3v) is 4.86. The van der Waals surface area contributed by atoms with Crippen LogP contribution in [0.15, 0.2) is 67.3 Å². The zero-order valence-corrected chi connectivity index (χ0v) is 16.0. The highest BCUT2D eigenvalue weighted by molar-refractivity contribution is 5.91. The lowest BCUT2D eigenvalue weighted by atomic mass is 9.94. The Morgan fingerprint density at radius 3 is 2.62 bits per heavy atom. The topological polar surface area (TPSA) is 83.9 Å². The number of rotatable bonds is 5. The van der Waals surface area contributed by atoms with Crippen LogP contribution in [-0.4, -0.2) is 43.8 Å². The first-order valence-corrected chi connectivity index (χ1v) is 9.66. The minimum absolute atomic E-state index is 0.0170. The quantitative estimate of drug-likeness (QED) is 0.677. The SMILES string of the molecule is O=C(C=Cc1ccccc1)N1CCCC(c2nccnc2Nc2ncccn2)C1. The Morgan fingerprint density at radius 1 is 1.00 bits per heavy atom. The number of hydrogen-bond donors (Lipinski definition) is 1. The van der Waals surface area contributed by atoms with E-state index < -0.39 is 0 Å². The van der Waals surface area contributed by atoms with Crippen molar-refractivity contribution in [3.8, 4) is 0 Å². The van der Waals surface area contributed by atoms with E-state index >= 15 is 0 Å². The molecule has 3 heterocycles. The van der Waals surface area contributed by atoms with Gasteiger partial charge >= 0.3 is 0 Å². The minimum Gasteiger partial charge on any atom is -0.338 e. The lowest BCUT2D eigenvalue weighted by molar-refractivity contribution is -0.127. The molecule has 0 aliphatic carbocycles. The molecule has 146 valence electrons. The van der Waals surface area contributed by atoms with Crippen LogP contribution in [0.4, 0.5) is 11.8 Å². The van der Waals surface area contributed by atoms with E-state index in [-0.39, 0.29) is 11.8 Å². The van der Waals surface area contributed by atoms with Crippen molar-refractivity contribution in [2.45, 2.75) is 18.8 Å². The molecule has 2 aromatic heterocycles. The average Bonchev–Trinajstić information content (AvgIpc) is 2.79. The molecule has 1 aliphatic rings. The summed E-state index contributed by atoms with van der Waals surface area (Å²) in [7, 11) is 0. The van der Waals surface area contributed by atoms with Gasteiger partial charge in [-0.3, -0.25) is 9.78 Å². The summed E-state index contributed by atoms with van der Waals surface area (Å²) in [5, 5.41) is 3.15. The summed E-state index contributed by atoms with van der Waals surface area (Å²) in [6.45, 7) is 1.36. The van der Waals surface area contributed by atoms with Gasteiger partial charge in [-0.2, -0.15) is 0 Å². The number of hydrogen-bond acceptors (Lipinski definition) is 6. The van der Waals surface area contributed by atoms with E-state index in [1.165, 1.54) is 0 Å². The first kappa shape index (κ1) is 18.7. The first-order valence-electron chi connectivity index (χ1n) is 9.66. The standard InChI is InChI=1S/C22H22N6O/c29-19(10-9-17-6-2-1-3-7-17)28-15-4-8-18(16-28)20-21(24-14-13-23-20)27-22-25-11-5-12-26-22/h1-3,5-7,9-14,18H,4,8,15-16H2,(H,24,25,26,27). The van der Waals surface area contributed by atoms with Crippen LogP contribution >= 0.6 is 0 Å². The van der Waals surface area contributed by atoms with Crippen molar-refractivity contribution in [2.75, 3.05) is 18.4 Å². The zero-order chi connectivity index (χ0) is 19.9. The third kappa shape index (κ3) is 4.82. The molecular weight excluding hydrogens is 364 g/mol. The van der Waals surface area contributed by atoms with Gasteiger partial charge in [0.25, 0.3) is 0 Å². The maximum Gasteiger partial charge on any atom is 0.246 e. The van der Waals surface area contributed by atoms with Crippen molar-refractivity contribution in [1.29, 1.82) is 0 Å². The van der Waals surface area contributed by atoms with Crippen LogP contribution in [-0.2, 0) is 4.79 Å². The molecule has 1 fully saturated rings. The maximum absolute atomic E-state index is 12.7. The number of nitrogens with one attached hydrogen (secondary N) is 1. The Kier molecular flexibility index (Phi) is 5.85. The predicted molar refractivity (Wildman–Crippen MR) is 111 cm³/mol. The average molecular weight is 386 g/mol. The lowest BCUT2D eigenvalue weighted by Gasteiger charge is -2.32. The fourth-order valence-electron chi connectivity index (χ4n) is 3.45. The Morgan fingerprint density at radius 2 is 1.79 bits per heavy atom. The van der Waals surface area contributed by atoms with E-state index in [0.29, 0.717) is 18.3 Å². The van der Waals surface area contributed by atoms with Gasteiger partial charge in [-0.25, -0.2) is 15.0 Å². The smallest absolute Gasteiger partial charge is 0.246 e. The normalized spacial score (nSPS) is 16.7. The Labute approximate surface area is 169 Å². The van der Waals surface area contributed by atoms with Crippen LogP contribution in [0.3, 0.4) is 0 Å². The molecule has 0 bridgehead atoms. The summed E-state index contributed by atoms with van der Waals surface area (Å²) in [4.78, 5) is 31.9. The Hall–Kier alpha value is -3.61. The fourth-order valence-corrected chi connectivity index (χ4v) is 3.45. The van der Waals surface area contributed by atoms with Gasteiger partial charge in [-0.1, -0.05) is 30.3 Å². The molecule has 1 unspecified atom stereocenters. The summed E-state index contributed by atoms with van der Waals surface area (Å²) in [5.74, 6) is 1.24. The summed E-state index contributed by atoms with van der Waals surface area (Å²) in [6.07, 6.45) is 12.0. The van der Waals surface area contributed by atoms with Crippen LogP contribution in [0.25, 0.3) is 6.08 Å². The number of anilines is 2. The van der Waals surface area contributed by atoms with Gasteiger partial charge in [0, 0.05) is 49.9 Å². The lowest BCUT2D eigenvalue weighted by Crippen LogP contribution is -2.38. The third-order valence-electron chi connectivity index (χ3n) is 4.86. The number of carbonyl (C=O) groups is 1. The summed E-state index contributed by atoms with van der Waals surface area (Å²) in [5.41, 5.74) is 1.85. The van der Waals surface area contributed by atoms with E-state index in [4.69, 9.17) is 0 Å².